The highest BCUT2D eigenvalue weighted by Crippen LogP contribution is 2.20. The smallest absolute Gasteiger partial charge is 0.170 e. The van der Waals surface area contributed by atoms with Crippen molar-refractivity contribution in [3.63, 3.8) is 0 Å². The van der Waals surface area contributed by atoms with Crippen molar-refractivity contribution in [2.75, 3.05) is 25.0 Å². The lowest BCUT2D eigenvalue weighted by Crippen LogP contribution is -2.40. The Morgan fingerprint density at radius 2 is 2.22 bits per heavy atom. The molecule has 0 saturated carbocycles. The molecule has 23 heavy (non-hydrogen) atoms. The standard InChI is InChI=1S/C18H28BrN3S/c1-3-16-7-4-5-11-22(16)12-6-10-20-18(23)21-15-8-9-17(19)14(2)13-15/h8-9,13,16H,3-7,10-12H2,1-2H3,(H2,20,21,23). The van der Waals surface area contributed by atoms with Crippen LogP contribution in [-0.2, 0) is 0 Å². The zero-order chi connectivity index (χ0) is 16.7. The van der Waals surface area contributed by atoms with E-state index in [1.807, 2.05) is 12.1 Å². The van der Waals surface area contributed by atoms with E-state index in [1.165, 1.54) is 44.3 Å². The highest BCUT2D eigenvalue weighted by molar-refractivity contribution is 9.10. The number of halogens is 1. The third kappa shape index (κ3) is 6.05. The molecule has 0 aliphatic carbocycles. The van der Waals surface area contributed by atoms with Crippen molar-refractivity contribution in [3.05, 3.63) is 28.2 Å². The fourth-order valence-electron chi connectivity index (χ4n) is 3.20. The van der Waals surface area contributed by atoms with Gasteiger partial charge in [-0.25, -0.2) is 0 Å². The Balaban J connectivity index is 1.67. The Bertz CT molecular complexity index is 521. The molecule has 2 N–H and O–H groups in total. The predicted octanol–water partition coefficient (Wildman–Crippen LogP) is 4.70. The SMILES string of the molecule is CCC1CCCCN1CCCNC(=S)Nc1ccc(Br)c(C)c1. The van der Waals surface area contributed by atoms with Crippen LogP contribution in [0, 0.1) is 6.92 Å². The van der Waals surface area contributed by atoms with Crippen molar-refractivity contribution in [1.29, 1.82) is 0 Å². The lowest BCUT2D eigenvalue weighted by Gasteiger charge is -2.35. The molecule has 3 nitrogen and oxygen atoms in total. The van der Waals surface area contributed by atoms with Crippen molar-refractivity contribution >= 4 is 38.9 Å². The van der Waals surface area contributed by atoms with E-state index >= 15 is 0 Å². The molecule has 0 bridgehead atoms. The molecule has 1 saturated heterocycles. The molecule has 1 aliphatic heterocycles. The number of aryl methyl sites for hydroxylation is 1. The lowest BCUT2D eigenvalue weighted by atomic mass is 10.00. The molecule has 5 heteroatoms. The number of hydrogen-bond donors (Lipinski definition) is 2. The average Bonchev–Trinajstić information content (AvgIpc) is 2.55. The van der Waals surface area contributed by atoms with Crippen molar-refractivity contribution in [2.24, 2.45) is 0 Å². The second kappa shape index (κ2) is 9.60. The van der Waals surface area contributed by atoms with Gasteiger partial charge < -0.3 is 15.5 Å². The zero-order valence-electron chi connectivity index (χ0n) is 14.2. The monoisotopic (exact) mass is 397 g/mol. The molecular formula is C18H28BrN3S. The van der Waals surface area contributed by atoms with Gasteiger partial charge in [-0.1, -0.05) is 29.3 Å². The number of hydrogen-bond acceptors (Lipinski definition) is 2. The van der Waals surface area contributed by atoms with E-state index in [1.54, 1.807) is 0 Å². The van der Waals surface area contributed by atoms with Crippen LogP contribution in [0.4, 0.5) is 5.69 Å². The summed E-state index contributed by atoms with van der Waals surface area (Å²) in [5, 5.41) is 7.28. The second-order valence-corrected chi connectivity index (χ2v) is 7.55. The molecule has 1 heterocycles. The fraction of sp³-hybridized carbons (Fsp3) is 0.611. The van der Waals surface area contributed by atoms with Crippen molar-refractivity contribution < 1.29 is 0 Å². The Labute approximate surface area is 154 Å². The number of nitrogens with one attached hydrogen (secondary N) is 2. The Morgan fingerprint density at radius 1 is 1.39 bits per heavy atom. The highest BCUT2D eigenvalue weighted by atomic mass is 79.9. The second-order valence-electron chi connectivity index (χ2n) is 6.29. The topological polar surface area (TPSA) is 27.3 Å². The maximum absolute atomic E-state index is 5.38. The number of anilines is 1. The minimum absolute atomic E-state index is 0.706. The molecule has 0 spiro atoms. The summed E-state index contributed by atoms with van der Waals surface area (Å²) in [4.78, 5) is 2.65. The van der Waals surface area contributed by atoms with Gasteiger partial charge in [0.15, 0.2) is 5.11 Å². The van der Waals surface area contributed by atoms with Crippen LogP contribution >= 0.6 is 28.1 Å². The molecule has 1 atom stereocenters. The molecule has 1 aliphatic rings. The summed E-state index contributed by atoms with van der Waals surface area (Å²) in [5.41, 5.74) is 2.23. The van der Waals surface area contributed by atoms with Gasteiger partial charge in [-0.2, -0.15) is 0 Å². The van der Waals surface area contributed by atoms with E-state index in [9.17, 15) is 0 Å². The molecule has 1 aromatic carbocycles. The molecular weight excluding hydrogens is 370 g/mol. The van der Waals surface area contributed by atoms with E-state index in [2.05, 4.69) is 51.4 Å². The lowest BCUT2D eigenvalue weighted by molar-refractivity contribution is 0.143. The molecule has 1 aromatic rings. The first-order valence-corrected chi connectivity index (χ1v) is 9.85. The summed E-state index contributed by atoms with van der Waals surface area (Å²) in [5.74, 6) is 0. The summed E-state index contributed by atoms with van der Waals surface area (Å²) in [6.07, 6.45) is 6.53. The van der Waals surface area contributed by atoms with Crippen LogP contribution in [0.2, 0.25) is 0 Å². The van der Waals surface area contributed by atoms with Gasteiger partial charge in [0.25, 0.3) is 0 Å². The third-order valence-corrected chi connectivity index (χ3v) is 5.68. The number of benzene rings is 1. The number of thiocarbonyl (C=S) groups is 1. The summed E-state index contributed by atoms with van der Waals surface area (Å²) < 4.78 is 1.12. The van der Waals surface area contributed by atoms with E-state index in [-0.39, 0.29) is 0 Å². The number of nitrogens with zero attached hydrogens (tertiary/aromatic N) is 1. The molecule has 2 rings (SSSR count). The first kappa shape index (κ1) is 18.7. The zero-order valence-corrected chi connectivity index (χ0v) is 16.6. The summed E-state index contributed by atoms with van der Waals surface area (Å²) in [6.45, 7) is 7.74. The van der Waals surface area contributed by atoms with Gasteiger partial charge >= 0.3 is 0 Å². The van der Waals surface area contributed by atoms with Gasteiger partial charge in [0, 0.05) is 29.3 Å². The van der Waals surface area contributed by atoms with E-state index < -0.39 is 0 Å². The normalized spacial score (nSPS) is 18.7. The van der Waals surface area contributed by atoms with Crippen molar-refractivity contribution in [1.82, 2.24) is 10.2 Å². The van der Waals surface area contributed by atoms with E-state index in [0.29, 0.717) is 5.11 Å². The van der Waals surface area contributed by atoms with E-state index in [4.69, 9.17) is 12.2 Å². The maximum atomic E-state index is 5.38. The summed E-state index contributed by atoms with van der Waals surface area (Å²) in [6, 6.07) is 6.96. The van der Waals surface area contributed by atoms with Crippen LogP contribution in [0.15, 0.2) is 22.7 Å². The highest BCUT2D eigenvalue weighted by Gasteiger charge is 2.19. The fourth-order valence-corrected chi connectivity index (χ4v) is 3.67. The quantitative estimate of drug-likeness (QED) is 0.537. The molecule has 0 aromatic heterocycles. The average molecular weight is 398 g/mol. The van der Waals surface area contributed by atoms with Gasteiger partial charge in [-0.3, -0.25) is 0 Å². The first-order valence-electron chi connectivity index (χ1n) is 8.65. The minimum atomic E-state index is 0.706. The molecule has 0 radical (unpaired) electrons. The van der Waals surface area contributed by atoms with Crippen LogP contribution in [0.25, 0.3) is 0 Å². The van der Waals surface area contributed by atoms with Crippen LogP contribution < -0.4 is 10.6 Å². The molecule has 1 fully saturated rings. The Kier molecular flexibility index (Phi) is 7.80. The van der Waals surface area contributed by atoms with Gasteiger partial charge in [-0.15, -0.1) is 0 Å². The van der Waals surface area contributed by atoms with Crippen molar-refractivity contribution in [2.45, 2.75) is 52.0 Å². The van der Waals surface area contributed by atoms with Crippen LogP contribution in [0.5, 0.6) is 0 Å². The minimum Gasteiger partial charge on any atom is -0.362 e. The number of rotatable bonds is 6. The third-order valence-electron chi connectivity index (χ3n) is 4.54. The van der Waals surface area contributed by atoms with Gasteiger partial charge in [0.2, 0.25) is 0 Å². The number of likely N-dealkylation sites (tertiary alicyclic amines) is 1. The Morgan fingerprint density at radius 3 is 2.96 bits per heavy atom. The summed E-state index contributed by atoms with van der Waals surface area (Å²) in [7, 11) is 0. The molecule has 0 amide bonds. The number of piperidine rings is 1. The van der Waals surface area contributed by atoms with E-state index in [0.717, 1.165) is 29.2 Å². The summed E-state index contributed by atoms with van der Waals surface area (Å²) >= 11 is 8.89. The first-order chi connectivity index (χ1) is 11.1. The largest absolute Gasteiger partial charge is 0.362 e. The molecule has 1 unspecified atom stereocenters. The van der Waals surface area contributed by atoms with Gasteiger partial charge in [-0.05, 0) is 75.1 Å². The van der Waals surface area contributed by atoms with Gasteiger partial charge in [0.05, 0.1) is 0 Å². The van der Waals surface area contributed by atoms with Crippen LogP contribution in [0.1, 0.15) is 44.6 Å². The maximum Gasteiger partial charge on any atom is 0.170 e. The Hall–Kier alpha value is -0.650. The van der Waals surface area contributed by atoms with Crippen LogP contribution in [-0.4, -0.2) is 35.7 Å². The predicted molar refractivity (Wildman–Crippen MR) is 107 cm³/mol. The molecule has 128 valence electrons. The van der Waals surface area contributed by atoms with Crippen molar-refractivity contribution in [3.8, 4) is 0 Å². The van der Waals surface area contributed by atoms with Crippen LogP contribution in [0.3, 0.4) is 0 Å². The van der Waals surface area contributed by atoms with Gasteiger partial charge in [0.1, 0.15) is 0 Å².